The van der Waals surface area contributed by atoms with E-state index in [9.17, 15) is 8.78 Å². The fourth-order valence-electron chi connectivity index (χ4n) is 3.02. The highest BCUT2D eigenvalue weighted by molar-refractivity contribution is 5.29. The molecule has 1 unspecified atom stereocenters. The lowest BCUT2D eigenvalue weighted by atomic mass is 9.77. The Kier molecular flexibility index (Phi) is 3.69. The van der Waals surface area contributed by atoms with Crippen LogP contribution < -0.4 is 11.3 Å². The molecule has 0 amide bonds. The summed E-state index contributed by atoms with van der Waals surface area (Å²) in [6.45, 7) is 3.64. The maximum atomic E-state index is 14.1. The molecule has 3 N–H and O–H groups in total. The molecule has 0 bridgehead atoms. The molecule has 1 aliphatic rings. The van der Waals surface area contributed by atoms with Crippen molar-refractivity contribution in [1.29, 1.82) is 0 Å². The van der Waals surface area contributed by atoms with E-state index in [0.717, 1.165) is 25.7 Å². The predicted octanol–water partition coefficient (Wildman–Crippen LogP) is 3.36. The van der Waals surface area contributed by atoms with E-state index in [1.807, 2.05) is 0 Å². The van der Waals surface area contributed by atoms with Gasteiger partial charge in [0.1, 0.15) is 0 Å². The van der Waals surface area contributed by atoms with Gasteiger partial charge < -0.3 is 0 Å². The van der Waals surface area contributed by atoms with Gasteiger partial charge in [-0.3, -0.25) is 11.3 Å². The summed E-state index contributed by atoms with van der Waals surface area (Å²) in [5.74, 6) is 4.05. The van der Waals surface area contributed by atoms with Crippen molar-refractivity contribution < 1.29 is 8.78 Å². The molecule has 0 aliphatic heterocycles. The molecule has 1 atom stereocenters. The lowest BCUT2D eigenvalue weighted by molar-refractivity contribution is 0.218. The average Bonchev–Trinajstić information content (AvgIpc) is 2.78. The van der Waals surface area contributed by atoms with Crippen LogP contribution in [-0.2, 0) is 0 Å². The summed E-state index contributed by atoms with van der Waals surface area (Å²) in [5.41, 5.74) is 3.24. The third kappa shape index (κ3) is 2.15. The zero-order valence-corrected chi connectivity index (χ0v) is 10.9. The lowest BCUT2D eigenvalue weighted by Gasteiger charge is -2.34. The van der Waals surface area contributed by atoms with E-state index in [-0.39, 0.29) is 11.5 Å². The SMILES string of the molecule is Cc1ccc(C(NN)C2(C)CCCC2)c(F)c1F. The molecule has 1 aromatic rings. The van der Waals surface area contributed by atoms with Crippen LogP contribution in [0.1, 0.15) is 49.8 Å². The fourth-order valence-corrected chi connectivity index (χ4v) is 3.02. The molecular weight excluding hydrogens is 234 g/mol. The molecule has 0 radical (unpaired) electrons. The summed E-state index contributed by atoms with van der Waals surface area (Å²) in [5, 5.41) is 0. The van der Waals surface area contributed by atoms with Crippen molar-refractivity contribution in [3.05, 3.63) is 34.9 Å². The molecule has 0 heterocycles. The molecule has 2 rings (SSSR count). The first-order valence-corrected chi connectivity index (χ1v) is 6.40. The number of hydrogen-bond donors (Lipinski definition) is 2. The first-order valence-electron chi connectivity index (χ1n) is 6.40. The predicted molar refractivity (Wildman–Crippen MR) is 67.7 cm³/mol. The van der Waals surface area contributed by atoms with Crippen LogP contribution in [0.15, 0.2) is 12.1 Å². The van der Waals surface area contributed by atoms with Crippen LogP contribution in [0.3, 0.4) is 0 Å². The Morgan fingerprint density at radius 2 is 1.83 bits per heavy atom. The highest BCUT2D eigenvalue weighted by atomic mass is 19.2. The lowest BCUT2D eigenvalue weighted by Crippen LogP contribution is -2.39. The van der Waals surface area contributed by atoms with E-state index in [0.29, 0.717) is 11.1 Å². The molecule has 4 heteroatoms. The first kappa shape index (κ1) is 13.4. The van der Waals surface area contributed by atoms with Crippen molar-refractivity contribution >= 4 is 0 Å². The Labute approximate surface area is 107 Å². The van der Waals surface area contributed by atoms with Gasteiger partial charge in [-0.2, -0.15) is 0 Å². The van der Waals surface area contributed by atoms with E-state index in [1.165, 1.54) is 0 Å². The Morgan fingerprint density at radius 3 is 2.39 bits per heavy atom. The number of nitrogens with one attached hydrogen (secondary N) is 1. The fraction of sp³-hybridized carbons (Fsp3) is 0.571. The van der Waals surface area contributed by atoms with Gasteiger partial charge in [0.2, 0.25) is 0 Å². The third-order valence-corrected chi connectivity index (χ3v) is 4.23. The quantitative estimate of drug-likeness (QED) is 0.641. The van der Waals surface area contributed by atoms with E-state index in [2.05, 4.69) is 12.3 Å². The normalized spacial score (nSPS) is 20.1. The van der Waals surface area contributed by atoms with Gasteiger partial charge in [0, 0.05) is 5.56 Å². The molecule has 1 fully saturated rings. The number of benzene rings is 1. The Balaban J connectivity index is 2.42. The zero-order chi connectivity index (χ0) is 13.3. The third-order valence-electron chi connectivity index (χ3n) is 4.23. The smallest absolute Gasteiger partial charge is 0.163 e. The molecule has 0 saturated heterocycles. The van der Waals surface area contributed by atoms with Gasteiger partial charge in [-0.15, -0.1) is 0 Å². The zero-order valence-electron chi connectivity index (χ0n) is 10.9. The monoisotopic (exact) mass is 254 g/mol. The van der Waals surface area contributed by atoms with Crippen LogP contribution in [0.5, 0.6) is 0 Å². The molecule has 0 aromatic heterocycles. The number of hydrogen-bond acceptors (Lipinski definition) is 2. The van der Waals surface area contributed by atoms with Gasteiger partial charge >= 0.3 is 0 Å². The van der Waals surface area contributed by atoms with Crippen LogP contribution in [0.25, 0.3) is 0 Å². The second-order valence-corrected chi connectivity index (χ2v) is 5.56. The Hall–Kier alpha value is -1.00. The maximum Gasteiger partial charge on any atom is 0.163 e. The van der Waals surface area contributed by atoms with Gasteiger partial charge in [0.15, 0.2) is 11.6 Å². The average molecular weight is 254 g/mol. The van der Waals surface area contributed by atoms with Crippen LogP contribution in [0, 0.1) is 24.0 Å². The summed E-state index contributed by atoms with van der Waals surface area (Å²) in [6.07, 6.45) is 4.20. The molecule has 2 nitrogen and oxygen atoms in total. The number of rotatable bonds is 3. The minimum Gasteiger partial charge on any atom is -0.271 e. The van der Waals surface area contributed by atoms with Gasteiger partial charge in [-0.25, -0.2) is 8.78 Å². The van der Waals surface area contributed by atoms with Gasteiger partial charge in [0.05, 0.1) is 6.04 Å². The summed E-state index contributed by atoms with van der Waals surface area (Å²) < 4.78 is 27.7. The minimum absolute atomic E-state index is 0.0999. The molecule has 1 saturated carbocycles. The van der Waals surface area contributed by atoms with Crippen molar-refractivity contribution in [1.82, 2.24) is 5.43 Å². The number of hydrazine groups is 1. The van der Waals surface area contributed by atoms with Crippen LogP contribution in [0.2, 0.25) is 0 Å². The van der Waals surface area contributed by atoms with Crippen LogP contribution in [-0.4, -0.2) is 0 Å². The van der Waals surface area contributed by atoms with Gasteiger partial charge in [0.25, 0.3) is 0 Å². The van der Waals surface area contributed by atoms with Crippen molar-refractivity contribution in [2.75, 3.05) is 0 Å². The molecule has 18 heavy (non-hydrogen) atoms. The van der Waals surface area contributed by atoms with Crippen molar-refractivity contribution in [3.63, 3.8) is 0 Å². The van der Waals surface area contributed by atoms with Gasteiger partial charge in [-0.1, -0.05) is 31.9 Å². The number of aryl methyl sites for hydroxylation is 1. The summed E-state index contributed by atoms with van der Waals surface area (Å²) in [7, 11) is 0. The van der Waals surface area contributed by atoms with E-state index in [4.69, 9.17) is 5.84 Å². The molecule has 0 spiro atoms. The molecule has 1 aromatic carbocycles. The van der Waals surface area contributed by atoms with Crippen LogP contribution >= 0.6 is 0 Å². The standard InChI is InChI=1S/C14H20F2N2/c1-9-5-6-10(12(16)11(9)15)13(18-17)14(2)7-3-4-8-14/h5-6,13,18H,3-4,7-8,17H2,1-2H3. The highest BCUT2D eigenvalue weighted by Crippen LogP contribution is 2.47. The second kappa shape index (κ2) is 4.94. The van der Waals surface area contributed by atoms with Crippen molar-refractivity contribution in [2.45, 2.75) is 45.6 Å². The highest BCUT2D eigenvalue weighted by Gasteiger charge is 2.39. The van der Waals surface area contributed by atoms with Crippen LogP contribution in [0.4, 0.5) is 8.78 Å². The summed E-state index contributed by atoms with van der Waals surface area (Å²) >= 11 is 0. The van der Waals surface area contributed by atoms with E-state index in [1.54, 1.807) is 19.1 Å². The number of nitrogens with two attached hydrogens (primary N) is 1. The largest absolute Gasteiger partial charge is 0.271 e. The van der Waals surface area contributed by atoms with E-state index < -0.39 is 11.6 Å². The van der Waals surface area contributed by atoms with E-state index >= 15 is 0 Å². The van der Waals surface area contributed by atoms with Gasteiger partial charge in [-0.05, 0) is 30.7 Å². The summed E-state index contributed by atoms with van der Waals surface area (Å²) in [4.78, 5) is 0. The Bertz CT molecular complexity index is 440. The molecule has 1 aliphatic carbocycles. The first-order chi connectivity index (χ1) is 8.49. The molecular formula is C14H20F2N2. The van der Waals surface area contributed by atoms with Crippen molar-refractivity contribution in [3.8, 4) is 0 Å². The van der Waals surface area contributed by atoms with Crippen molar-refractivity contribution in [2.24, 2.45) is 11.3 Å². The topological polar surface area (TPSA) is 38.0 Å². The minimum atomic E-state index is -0.772. The molecule has 100 valence electrons. The number of halogens is 2. The second-order valence-electron chi connectivity index (χ2n) is 5.56. The summed E-state index contributed by atoms with van der Waals surface area (Å²) in [6, 6.07) is 2.91. The maximum absolute atomic E-state index is 14.1. The Morgan fingerprint density at radius 1 is 1.22 bits per heavy atom.